The molecule has 1 atom stereocenters. The number of aromatic nitrogens is 3. The van der Waals surface area contributed by atoms with Gasteiger partial charge in [0.2, 0.25) is 5.58 Å². The number of para-hydroxylation sites is 1. The first-order chi connectivity index (χ1) is 13.3. The van der Waals surface area contributed by atoms with Gasteiger partial charge in [0.1, 0.15) is 17.1 Å². The number of carbonyl (C=O) groups excluding carboxylic acids is 1. The van der Waals surface area contributed by atoms with Gasteiger partial charge in [-0.2, -0.15) is 4.98 Å². The minimum atomic E-state index is -0.353. The van der Waals surface area contributed by atoms with Crippen LogP contribution in [0.3, 0.4) is 0 Å². The van der Waals surface area contributed by atoms with Gasteiger partial charge in [0.25, 0.3) is 5.88 Å². The number of hydrogen-bond donors (Lipinski definition) is 1. The van der Waals surface area contributed by atoms with Crippen LogP contribution in [0.25, 0.3) is 33.5 Å². The Hall–Kier alpha value is -3.32. The van der Waals surface area contributed by atoms with E-state index in [9.17, 15) is 4.79 Å². The van der Waals surface area contributed by atoms with Crippen molar-refractivity contribution in [3.05, 3.63) is 48.8 Å². The molecule has 1 aromatic carbocycles. The Balaban J connectivity index is 1.68. The molecule has 0 bridgehead atoms. The molecule has 5 rings (SSSR count). The first-order valence-corrected chi connectivity index (χ1v) is 8.84. The number of pyridine rings is 1. The zero-order chi connectivity index (χ0) is 18.2. The summed E-state index contributed by atoms with van der Waals surface area (Å²) in [5.41, 5.74) is 2.45. The van der Waals surface area contributed by atoms with E-state index in [1.807, 2.05) is 36.4 Å². The van der Waals surface area contributed by atoms with Gasteiger partial charge in [-0.05, 0) is 43.7 Å². The number of ether oxygens (including phenoxy) is 1. The van der Waals surface area contributed by atoms with Crippen LogP contribution in [0.1, 0.15) is 12.8 Å². The molecule has 1 saturated heterocycles. The number of hydrogen-bond acceptors (Lipinski definition) is 7. The molecule has 1 aliphatic rings. The standard InChI is InChI=1S/C20H16N4O3/c25-20(14-5-3-9-22-14)27-19-17-16(13-4-1-2-6-15(13)26-17)23-18(24-19)12-7-10-21-11-8-12/h1-2,4,6-8,10-11,14,22H,3,5,9H2/t14-/m0/s1. The Kier molecular flexibility index (Phi) is 3.79. The first kappa shape index (κ1) is 15.9. The second-order valence-corrected chi connectivity index (χ2v) is 6.43. The number of nitrogens with one attached hydrogen (secondary N) is 1. The molecule has 4 aromatic rings. The van der Waals surface area contributed by atoms with E-state index < -0.39 is 0 Å². The predicted octanol–water partition coefficient (Wildman–Crippen LogP) is 3.10. The van der Waals surface area contributed by atoms with Crippen LogP contribution in [-0.2, 0) is 4.79 Å². The maximum Gasteiger partial charge on any atom is 0.329 e. The van der Waals surface area contributed by atoms with Gasteiger partial charge >= 0.3 is 5.97 Å². The fourth-order valence-electron chi connectivity index (χ4n) is 3.32. The molecule has 27 heavy (non-hydrogen) atoms. The van der Waals surface area contributed by atoms with Gasteiger partial charge in [0, 0.05) is 23.3 Å². The minimum absolute atomic E-state index is 0.140. The third-order valence-electron chi connectivity index (χ3n) is 4.67. The molecule has 7 nitrogen and oxygen atoms in total. The summed E-state index contributed by atoms with van der Waals surface area (Å²) >= 11 is 0. The number of rotatable bonds is 3. The Morgan fingerprint density at radius 2 is 2.00 bits per heavy atom. The third-order valence-corrected chi connectivity index (χ3v) is 4.67. The molecular weight excluding hydrogens is 344 g/mol. The van der Waals surface area contributed by atoms with Crippen LogP contribution in [-0.4, -0.2) is 33.5 Å². The van der Waals surface area contributed by atoms with Gasteiger partial charge in [-0.3, -0.25) is 4.98 Å². The van der Waals surface area contributed by atoms with Crippen LogP contribution >= 0.6 is 0 Å². The molecular formula is C20H16N4O3. The summed E-state index contributed by atoms with van der Waals surface area (Å²) in [7, 11) is 0. The molecule has 0 amide bonds. The quantitative estimate of drug-likeness (QED) is 0.561. The summed E-state index contributed by atoms with van der Waals surface area (Å²) in [5.74, 6) is 0.244. The van der Waals surface area contributed by atoms with Crippen LogP contribution < -0.4 is 10.1 Å². The Morgan fingerprint density at radius 3 is 2.81 bits per heavy atom. The lowest BCUT2D eigenvalue weighted by Gasteiger charge is -2.10. The topological polar surface area (TPSA) is 90.1 Å². The zero-order valence-electron chi connectivity index (χ0n) is 14.4. The Labute approximate surface area is 154 Å². The van der Waals surface area contributed by atoms with E-state index >= 15 is 0 Å². The van der Waals surface area contributed by atoms with E-state index in [0.717, 1.165) is 30.3 Å². The lowest BCUT2D eigenvalue weighted by atomic mass is 10.2. The molecule has 0 radical (unpaired) electrons. The second kappa shape index (κ2) is 6.44. The van der Waals surface area contributed by atoms with Crippen molar-refractivity contribution in [3.8, 4) is 17.3 Å². The smallest absolute Gasteiger partial charge is 0.329 e. The molecule has 4 heterocycles. The Morgan fingerprint density at radius 1 is 1.15 bits per heavy atom. The first-order valence-electron chi connectivity index (χ1n) is 8.84. The van der Waals surface area contributed by atoms with Gasteiger partial charge in [-0.15, -0.1) is 0 Å². The fourth-order valence-corrected chi connectivity index (χ4v) is 3.32. The summed E-state index contributed by atoms with van der Waals surface area (Å²) in [6.45, 7) is 0.811. The largest absolute Gasteiger partial charge is 0.449 e. The maximum absolute atomic E-state index is 12.5. The van der Waals surface area contributed by atoms with E-state index in [2.05, 4.69) is 20.3 Å². The highest BCUT2D eigenvalue weighted by Gasteiger charge is 2.27. The average molecular weight is 360 g/mol. The molecule has 1 fully saturated rings. The highest BCUT2D eigenvalue weighted by atomic mass is 16.5. The fraction of sp³-hybridized carbons (Fsp3) is 0.200. The lowest BCUT2D eigenvalue weighted by Crippen LogP contribution is -2.34. The molecule has 0 aliphatic carbocycles. The van der Waals surface area contributed by atoms with Crippen LogP contribution in [0, 0.1) is 0 Å². The molecule has 1 aliphatic heterocycles. The number of fused-ring (bicyclic) bond motifs is 3. The number of benzene rings is 1. The minimum Gasteiger partial charge on any atom is -0.449 e. The van der Waals surface area contributed by atoms with Crippen LogP contribution in [0.2, 0.25) is 0 Å². The van der Waals surface area contributed by atoms with Crippen molar-refractivity contribution in [1.29, 1.82) is 0 Å². The van der Waals surface area contributed by atoms with Gasteiger partial charge in [0.05, 0.1) is 0 Å². The van der Waals surface area contributed by atoms with Crippen LogP contribution in [0.5, 0.6) is 5.88 Å². The summed E-state index contributed by atoms with van der Waals surface area (Å²) in [5, 5.41) is 3.99. The van der Waals surface area contributed by atoms with E-state index in [1.165, 1.54) is 0 Å². The van der Waals surface area contributed by atoms with Crippen molar-refractivity contribution in [2.45, 2.75) is 18.9 Å². The SMILES string of the molecule is O=C(Oc1nc(-c2ccncc2)nc2c1oc1ccccc12)[C@@H]1CCCN1. The van der Waals surface area contributed by atoms with Crippen molar-refractivity contribution in [1.82, 2.24) is 20.3 Å². The van der Waals surface area contributed by atoms with Gasteiger partial charge in [0.15, 0.2) is 5.82 Å². The Bertz CT molecular complexity index is 1130. The van der Waals surface area contributed by atoms with E-state index in [4.69, 9.17) is 9.15 Å². The van der Waals surface area contributed by atoms with Crippen molar-refractivity contribution in [2.75, 3.05) is 6.54 Å². The monoisotopic (exact) mass is 360 g/mol. The van der Waals surface area contributed by atoms with Crippen molar-refractivity contribution < 1.29 is 13.9 Å². The third kappa shape index (κ3) is 2.82. The second-order valence-electron chi connectivity index (χ2n) is 6.43. The molecule has 3 aromatic heterocycles. The highest BCUT2D eigenvalue weighted by Crippen LogP contribution is 2.34. The van der Waals surface area contributed by atoms with Gasteiger partial charge < -0.3 is 14.5 Å². The van der Waals surface area contributed by atoms with Crippen molar-refractivity contribution in [3.63, 3.8) is 0 Å². The zero-order valence-corrected chi connectivity index (χ0v) is 14.4. The molecule has 0 unspecified atom stereocenters. The van der Waals surface area contributed by atoms with Gasteiger partial charge in [-0.25, -0.2) is 9.78 Å². The van der Waals surface area contributed by atoms with Crippen LogP contribution in [0.4, 0.5) is 0 Å². The molecule has 134 valence electrons. The van der Waals surface area contributed by atoms with E-state index in [1.54, 1.807) is 12.4 Å². The molecule has 1 N–H and O–H groups in total. The summed E-state index contributed by atoms with van der Waals surface area (Å²) in [6, 6.07) is 10.9. The average Bonchev–Trinajstić information content (AvgIpc) is 3.37. The number of furan rings is 1. The maximum atomic E-state index is 12.5. The van der Waals surface area contributed by atoms with E-state index in [-0.39, 0.29) is 17.9 Å². The summed E-state index contributed by atoms with van der Waals surface area (Å²) < 4.78 is 11.5. The number of nitrogens with zero attached hydrogens (tertiary/aromatic N) is 3. The lowest BCUT2D eigenvalue weighted by molar-refractivity contribution is -0.136. The predicted molar refractivity (Wildman–Crippen MR) is 99.2 cm³/mol. The normalized spacial score (nSPS) is 16.8. The van der Waals surface area contributed by atoms with Crippen molar-refractivity contribution in [2.24, 2.45) is 0 Å². The number of carbonyl (C=O) groups is 1. The molecule has 0 spiro atoms. The number of esters is 1. The van der Waals surface area contributed by atoms with Gasteiger partial charge in [-0.1, -0.05) is 12.1 Å². The molecule has 7 heteroatoms. The van der Waals surface area contributed by atoms with Crippen molar-refractivity contribution >= 4 is 28.0 Å². The highest BCUT2D eigenvalue weighted by molar-refractivity contribution is 6.04. The van der Waals surface area contributed by atoms with E-state index in [0.29, 0.717) is 22.5 Å². The summed E-state index contributed by atoms with van der Waals surface area (Å²) in [6.07, 6.45) is 5.05. The summed E-state index contributed by atoms with van der Waals surface area (Å²) in [4.78, 5) is 25.7. The van der Waals surface area contributed by atoms with Crippen LogP contribution in [0.15, 0.2) is 53.2 Å². The molecule has 0 saturated carbocycles.